The predicted octanol–water partition coefficient (Wildman–Crippen LogP) is 5.00. The molecule has 0 saturated heterocycles. The van der Waals surface area contributed by atoms with E-state index in [0.717, 1.165) is 15.6 Å². The molecule has 2 rings (SSSR count). The van der Waals surface area contributed by atoms with Crippen molar-refractivity contribution in [3.63, 3.8) is 0 Å². The summed E-state index contributed by atoms with van der Waals surface area (Å²) in [7, 11) is 0. The van der Waals surface area contributed by atoms with Gasteiger partial charge in [0.05, 0.1) is 0 Å². The van der Waals surface area contributed by atoms with Crippen LogP contribution in [-0.2, 0) is 6.42 Å². The summed E-state index contributed by atoms with van der Waals surface area (Å²) in [5, 5.41) is 1.23. The lowest BCUT2D eigenvalue weighted by Gasteiger charge is -2.16. The van der Waals surface area contributed by atoms with Gasteiger partial charge in [0.25, 0.3) is 0 Å². The summed E-state index contributed by atoms with van der Waals surface area (Å²) in [6, 6.07) is 13.2. The molecule has 0 aliphatic heterocycles. The quantitative estimate of drug-likeness (QED) is 0.833. The molecule has 0 radical (unpaired) electrons. The molecule has 0 bridgehead atoms. The average Bonchev–Trinajstić information content (AvgIpc) is 2.32. The first kappa shape index (κ1) is 13.9. The van der Waals surface area contributed by atoms with Gasteiger partial charge in [-0.3, -0.25) is 0 Å². The van der Waals surface area contributed by atoms with E-state index >= 15 is 0 Å². The molecular formula is C14H12BrCl2N. The standard InChI is InChI=1S/C14H12BrCl2N/c15-10-5-2-1-4-9(10)8-13(18)14-11(16)6-3-7-12(14)17/h1-7,13H,8,18H2. The molecule has 1 nitrogen and oxygen atoms in total. The molecule has 2 N–H and O–H groups in total. The lowest BCUT2D eigenvalue weighted by atomic mass is 9.99. The molecule has 0 aliphatic carbocycles. The van der Waals surface area contributed by atoms with Crippen LogP contribution >= 0.6 is 39.1 Å². The Kier molecular flexibility index (Phi) is 4.68. The first-order chi connectivity index (χ1) is 8.59. The fraction of sp³-hybridized carbons (Fsp3) is 0.143. The maximum atomic E-state index is 6.21. The summed E-state index contributed by atoms with van der Waals surface area (Å²) in [6.45, 7) is 0. The summed E-state index contributed by atoms with van der Waals surface area (Å²) in [4.78, 5) is 0. The third kappa shape index (κ3) is 3.07. The minimum atomic E-state index is -0.218. The Morgan fingerprint density at radius 1 is 1.00 bits per heavy atom. The second-order valence-corrected chi connectivity index (χ2v) is 5.71. The van der Waals surface area contributed by atoms with E-state index in [4.69, 9.17) is 28.9 Å². The topological polar surface area (TPSA) is 26.0 Å². The van der Waals surface area contributed by atoms with Crippen molar-refractivity contribution in [3.05, 3.63) is 68.1 Å². The zero-order chi connectivity index (χ0) is 13.1. The van der Waals surface area contributed by atoms with Crippen molar-refractivity contribution in [3.8, 4) is 0 Å². The number of halogens is 3. The number of hydrogen-bond donors (Lipinski definition) is 1. The van der Waals surface area contributed by atoms with Crippen LogP contribution in [0, 0.1) is 0 Å². The summed E-state index contributed by atoms with van der Waals surface area (Å²) in [6.07, 6.45) is 0.685. The van der Waals surface area contributed by atoms with E-state index in [1.54, 1.807) is 0 Å². The highest BCUT2D eigenvalue weighted by Crippen LogP contribution is 2.31. The Hall–Kier alpha value is -0.540. The number of hydrogen-bond acceptors (Lipinski definition) is 1. The lowest BCUT2D eigenvalue weighted by molar-refractivity contribution is 0.720. The molecule has 1 atom stereocenters. The third-order valence-electron chi connectivity index (χ3n) is 2.77. The van der Waals surface area contributed by atoms with Crippen molar-refractivity contribution in [1.82, 2.24) is 0 Å². The third-order valence-corrected chi connectivity index (χ3v) is 4.20. The van der Waals surface area contributed by atoms with Gasteiger partial charge in [-0.2, -0.15) is 0 Å². The summed E-state index contributed by atoms with van der Waals surface area (Å²) >= 11 is 15.8. The Bertz CT molecular complexity index is 537. The van der Waals surface area contributed by atoms with Gasteiger partial charge in [-0.25, -0.2) is 0 Å². The molecule has 0 spiro atoms. The van der Waals surface area contributed by atoms with Gasteiger partial charge in [-0.05, 0) is 30.2 Å². The van der Waals surface area contributed by atoms with Gasteiger partial charge in [0.15, 0.2) is 0 Å². The highest BCUT2D eigenvalue weighted by molar-refractivity contribution is 9.10. The molecular weight excluding hydrogens is 333 g/mol. The van der Waals surface area contributed by atoms with E-state index in [1.165, 1.54) is 0 Å². The van der Waals surface area contributed by atoms with Gasteiger partial charge >= 0.3 is 0 Å². The van der Waals surface area contributed by atoms with Crippen LogP contribution in [0.25, 0.3) is 0 Å². The van der Waals surface area contributed by atoms with Crippen LogP contribution < -0.4 is 5.73 Å². The molecule has 0 fully saturated rings. The Labute approximate surface area is 125 Å². The summed E-state index contributed by atoms with van der Waals surface area (Å²) < 4.78 is 1.05. The maximum absolute atomic E-state index is 6.21. The van der Waals surface area contributed by atoms with Crippen molar-refractivity contribution >= 4 is 39.1 Å². The zero-order valence-electron chi connectivity index (χ0n) is 9.54. The van der Waals surface area contributed by atoms with Gasteiger partial charge in [-0.1, -0.05) is 63.4 Å². The van der Waals surface area contributed by atoms with E-state index in [-0.39, 0.29) is 6.04 Å². The molecule has 2 aromatic carbocycles. The number of rotatable bonds is 3. The molecule has 0 aromatic heterocycles. The van der Waals surface area contributed by atoms with Crippen molar-refractivity contribution in [2.75, 3.05) is 0 Å². The second-order valence-electron chi connectivity index (χ2n) is 4.04. The van der Waals surface area contributed by atoms with E-state index in [0.29, 0.717) is 16.5 Å². The minimum Gasteiger partial charge on any atom is -0.324 e. The van der Waals surface area contributed by atoms with Crippen LogP contribution in [0.3, 0.4) is 0 Å². The smallest absolute Gasteiger partial charge is 0.0468 e. The van der Waals surface area contributed by atoms with Gasteiger partial charge < -0.3 is 5.73 Å². The van der Waals surface area contributed by atoms with Gasteiger partial charge in [0, 0.05) is 26.1 Å². The van der Waals surface area contributed by atoms with Crippen LogP contribution in [0.2, 0.25) is 10.0 Å². The highest BCUT2D eigenvalue weighted by Gasteiger charge is 2.15. The molecule has 0 heterocycles. The molecule has 4 heteroatoms. The molecule has 0 amide bonds. The first-order valence-electron chi connectivity index (χ1n) is 5.52. The predicted molar refractivity (Wildman–Crippen MR) is 81.2 cm³/mol. The van der Waals surface area contributed by atoms with Crippen molar-refractivity contribution in [1.29, 1.82) is 0 Å². The Morgan fingerprint density at radius 3 is 2.22 bits per heavy atom. The monoisotopic (exact) mass is 343 g/mol. The second kappa shape index (κ2) is 6.07. The zero-order valence-corrected chi connectivity index (χ0v) is 12.6. The molecule has 1 unspecified atom stereocenters. The molecule has 94 valence electrons. The van der Waals surface area contributed by atoms with Crippen molar-refractivity contribution < 1.29 is 0 Å². The van der Waals surface area contributed by atoms with Crippen LogP contribution in [0.5, 0.6) is 0 Å². The molecule has 2 aromatic rings. The van der Waals surface area contributed by atoms with Gasteiger partial charge in [0.1, 0.15) is 0 Å². The van der Waals surface area contributed by atoms with Crippen molar-refractivity contribution in [2.45, 2.75) is 12.5 Å². The van der Waals surface area contributed by atoms with Gasteiger partial charge in [-0.15, -0.1) is 0 Å². The lowest BCUT2D eigenvalue weighted by Crippen LogP contribution is -2.14. The fourth-order valence-electron chi connectivity index (χ4n) is 1.87. The normalized spacial score (nSPS) is 12.4. The Morgan fingerprint density at radius 2 is 1.61 bits per heavy atom. The number of nitrogens with two attached hydrogens (primary N) is 1. The van der Waals surface area contributed by atoms with Crippen LogP contribution in [0.1, 0.15) is 17.2 Å². The Balaban J connectivity index is 2.28. The molecule has 18 heavy (non-hydrogen) atoms. The summed E-state index contributed by atoms with van der Waals surface area (Å²) in [5.41, 5.74) is 8.15. The van der Waals surface area contributed by atoms with E-state index in [1.807, 2.05) is 42.5 Å². The van der Waals surface area contributed by atoms with E-state index in [9.17, 15) is 0 Å². The summed E-state index contributed by atoms with van der Waals surface area (Å²) in [5.74, 6) is 0. The molecule has 0 saturated carbocycles. The maximum Gasteiger partial charge on any atom is 0.0468 e. The van der Waals surface area contributed by atoms with E-state index in [2.05, 4.69) is 15.9 Å². The SMILES string of the molecule is NC(Cc1ccccc1Br)c1c(Cl)cccc1Cl. The first-order valence-corrected chi connectivity index (χ1v) is 7.07. The largest absolute Gasteiger partial charge is 0.324 e. The fourth-order valence-corrected chi connectivity index (χ4v) is 2.99. The van der Waals surface area contributed by atoms with E-state index < -0.39 is 0 Å². The average molecular weight is 345 g/mol. The van der Waals surface area contributed by atoms with Crippen LogP contribution in [0.4, 0.5) is 0 Å². The molecule has 0 aliphatic rings. The number of benzene rings is 2. The van der Waals surface area contributed by atoms with Gasteiger partial charge in [0.2, 0.25) is 0 Å². The van der Waals surface area contributed by atoms with Crippen LogP contribution in [-0.4, -0.2) is 0 Å². The van der Waals surface area contributed by atoms with Crippen molar-refractivity contribution in [2.24, 2.45) is 5.73 Å². The highest BCUT2D eigenvalue weighted by atomic mass is 79.9. The van der Waals surface area contributed by atoms with Crippen LogP contribution in [0.15, 0.2) is 46.9 Å². The minimum absolute atomic E-state index is 0.218.